The number of hydrogen-bond donors (Lipinski definition) is 2. The van der Waals surface area contributed by atoms with Gasteiger partial charge < -0.3 is 19.5 Å². The van der Waals surface area contributed by atoms with Gasteiger partial charge in [-0.3, -0.25) is 9.52 Å². The zero-order valence-corrected chi connectivity index (χ0v) is 18.4. The summed E-state index contributed by atoms with van der Waals surface area (Å²) in [4.78, 5) is 12.3. The van der Waals surface area contributed by atoms with E-state index in [-0.39, 0.29) is 10.8 Å². The van der Waals surface area contributed by atoms with E-state index in [2.05, 4.69) is 17.0 Å². The van der Waals surface area contributed by atoms with Gasteiger partial charge in [0.25, 0.3) is 15.9 Å². The number of nitrogens with one attached hydrogen (secondary N) is 2. The van der Waals surface area contributed by atoms with Crippen molar-refractivity contribution in [1.82, 2.24) is 5.32 Å². The predicted octanol–water partition coefficient (Wildman–Crippen LogP) is 3.20. The maximum Gasteiger partial charge on any atom is 0.262 e. The number of hydrogen-bond acceptors (Lipinski definition) is 6. The molecule has 0 aliphatic carbocycles. The lowest BCUT2D eigenvalue weighted by atomic mass is 10.2. The molecule has 0 fully saturated rings. The average Bonchev–Trinajstić information content (AvgIpc) is 2.78. The van der Waals surface area contributed by atoms with Gasteiger partial charge in [-0.15, -0.1) is 0 Å². The Morgan fingerprint density at radius 3 is 2.45 bits per heavy atom. The number of ether oxygens (including phenoxy) is 3. The first kappa shape index (κ1) is 22.9. The number of carbonyl (C=O) groups excluding carboxylic acids is 1. The van der Waals surface area contributed by atoms with Crippen molar-refractivity contribution in [3.63, 3.8) is 0 Å². The maximum absolute atomic E-state index is 12.7. The van der Waals surface area contributed by atoms with Gasteiger partial charge in [0.15, 0.2) is 11.5 Å². The highest BCUT2D eigenvalue weighted by molar-refractivity contribution is 7.92. The summed E-state index contributed by atoms with van der Waals surface area (Å²) in [7, 11) is -3.81. The Hall–Kier alpha value is -2.78. The third-order valence-corrected chi connectivity index (χ3v) is 6.00. The summed E-state index contributed by atoms with van der Waals surface area (Å²) in [5.41, 5.74) is 0.810. The van der Waals surface area contributed by atoms with E-state index in [0.29, 0.717) is 49.1 Å². The molecule has 1 aliphatic rings. The van der Waals surface area contributed by atoms with Gasteiger partial charge in [0.2, 0.25) is 0 Å². The van der Waals surface area contributed by atoms with E-state index in [9.17, 15) is 13.2 Å². The van der Waals surface area contributed by atoms with Crippen LogP contribution in [0.15, 0.2) is 47.4 Å². The second kappa shape index (κ2) is 11.0. The number of benzene rings is 2. The van der Waals surface area contributed by atoms with Crippen molar-refractivity contribution in [3.8, 4) is 11.5 Å². The van der Waals surface area contributed by atoms with Gasteiger partial charge in [0.1, 0.15) is 13.2 Å². The van der Waals surface area contributed by atoms with E-state index in [1.54, 1.807) is 30.3 Å². The molecule has 2 aromatic rings. The Kier molecular flexibility index (Phi) is 8.13. The number of carbonyl (C=O) groups is 1. The summed E-state index contributed by atoms with van der Waals surface area (Å²) >= 11 is 0. The molecular formula is C22H28N2O6S. The minimum atomic E-state index is -3.81. The second-order valence-electron chi connectivity index (χ2n) is 7.06. The van der Waals surface area contributed by atoms with Gasteiger partial charge in [0, 0.05) is 37.1 Å². The highest BCUT2D eigenvalue weighted by Gasteiger charge is 2.19. The lowest BCUT2D eigenvalue weighted by Crippen LogP contribution is -2.25. The molecule has 0 saturated carbocycles. The molecule has 3 rings (SSSR count). The predicted molar refractivity (Wildman–Crippen MR) is 117 cm³/mol. The van der Waals surface area contributed by atoms with Gasteiger partial charge in [-0.2, -0.15) is 0 Å². The molecule has 1 amide bonds. The fourth-order valence-corrected chi connectivity index (χ4v) is 3.99. The maximum atomic E-state index is 12.7. The van der Waals surface area contributed by atoms with E-state index in [0.717, 1.165) is 25.9 Å². The van der Waals surface area contributed by atoms with Crippen molar-refractivity contribution in [3.05, 3.63) is 48.0 Å². The molecule has 0 radical (unpaired) electrons. The zero-order valence-electron chi connectivity index (χ0n) is 17.6. The fourth-order valence-electron chi connectivity index (χ4n) is 2.92. The van der Waals surface area contributed by atoms with Crippen molar-refractivity contribution < 1.29 is 27.4 Å². The Morgan fingerprint density at radius 2 is 1.71 bits per heavy atom. The first-order chi connectivity index (χ1) is 15.0. The molecule has 2 aromatic carbocycles. The van der Waals surface area contributed by atoms with Crippen molar-refractivity contribution >= 4 is 21.6 Å². The largest absolute Gasteiger partial charge is 0.486 e. The van der Waals surface area contributed by atoms with Crippen LogP contribution in [0.4, 0.5) is 5.69 Å². The average molecular weight is 449 g/mol. The molecule has 1 heterocycles. The molecule has 0 aromatic heterocycles. The molecule has 0 saturated heterocycles. The number of anilines is 1. The van der Waals surface area contributed by atoms with Gasteiger partial charge >= 0.3 is 0 Å². The third kappa shape index (κ3) is 6.60. The summed E-state index contributed by atoms with van der Waals surface area (Å²) in [6.45, 7) is 4.79. The summed E-state index contributed by atoms with van der Waals surface area (Å²) < 4.78 is 44.2. The molecule has 168 valence electrons. The molecule has 0 bridgehead atoms. The second-order valence-corrected chi connectivity index (χ2v) is 8.75. The third-order valence-electron chi connectivity index (χ3n) is 4.62. The standard InChI is InChI=1S/C22H28N2O6S/c1-2-3-12-28-13-4-11-23-22(25)17-5-7-18(8-6-17)24-31(26,27)19-9-10-20-21(16-19)30-15-14-29-20/h5-10,16,24H,2-4,11-15H2,1H3,(H,23,25). The molecular weight excluding hydrogens is 420 g/mol. The number of fused-ring (bicyclic) bond motifs is 1. The lowest BCUT2D eigenvalue weighted by molar-refractivity contribution is 0.0940. The van der Waals surface area contributed by atoms with E-state index >= 15 is 0 Å². The molecule has 9 heteroatoms. The highest BCUT2D eigenvalue weighted by Crippen LogP contribution is 2.32. The van der Waals surface area contributed by atoms with Gasteiger partial charge in [-0.05, 0) is 49.2 Å². The van der Waals surface area contributed by atoms with Crippen LogP contribution in [0.5, 0.6) is 11.5 Å². The lowest BCUT2D eigenvalue weighted by Gasteiger charge is -2.19. The van der Waals surface area contributed by atoms with Crippen molar-refractivity contribution in [2.75, 3.05) is 37.7 Å². The van der Waals surface area contributed by atoms with Crippen LogP contribution in [-0.4, -0.2) is 47.3 Å². The minimum absolute atomic E-state index is 0.0692. The SMILES string of the molecule is CCCCOCCCNC(=O)c1ccc(NS(=O)(=O)c2ccc3c(c2)OCCO3)cc1. The Balaban J connectivity index is 1.52. The van der Waals surface area contributed by atoms with Crippen LogP contribution in [0.1, 0.15) is 36.5 Å². The van der Waals surface area contributed by atoms with Crippen LogP contribution in [0.2, 0.25) is 0 Å². The van der Waals surface area contributed by atoms with Crippen LogP contribution in [0.3, 0.4) is 0 Å². The first-order valence-corrected chi connectivity index (χ1v) is 11.9. The van der Waals surface area contributed by atoms with Crippen molar-refractivity contribution in [2.45, 2.75) is 31.1 Å². The molecule has 1 aliphatic heterocycles. The van der Waals surface area contributed by atoms with Crippen molar-refractivity contribution in [1.29, 1.82) is 0 Å². The molecule has 2 N–H and O–H groups in total. The number of sulfonamides is 1. The molecule has 0 atom stereocenters. The summed E-state index contributed by atoms with van der Waals surface area (Å²) in [6.07, 6.45) is 2.87. The Labute approximate surface area is 182 Å². The van der Waals surface area contributed by atoms with E-state index in [1.807, 2.05) is 0 Å². The van der Waals surface area contributed by atoms with Crippen LogP contribution in [-0.2, 0) is 14.8 Å². The van der Waals surface area contributed by atoms with E-state index in [1.165, 1.54) is 12.1 Å². The monoisotopic (exact) mass is 448 g/mol. The number of rotatable bonds is 11. The highest BCUT2D eigenvalue weighted by atomic mass is 32.2. The molecule has 31 heavy (non-hydrogen) atoms. The molecule has 0 spiro atoms. The molecule has 8 nitrogen and oxygen atoms in total. The topological polar surface area (TPSA) is 103 Å². The summed E-state index contributed by atoms with van der Waals surface area (Å²) in [5.74, 6) is 0.708. The number of amides is 1. The van der Waals surface area contributed by atoms with Crippen LogP contribution in [0, 0.1) is 0 Å². The zero-order chi connectivity index (χ0) is 22.1. The van der Waals surface area contributed by atoms with Crippen LogP contribution >= 0.6 is 0 Å². The van der Waals surface area contributed by atoms with E-state index in [4.69, 9.17) is 14.2 Å². The van der Waals surface area contributed by atoms with Gasteiger partial charge in [-0.1, -0.05) is 13.3 Å². The summed E-state index contributed by atoms with van der Waals surface area (Å²) in [5, 5.41) is 2.83. The van der Waals surface area contributed by atoms with Crippen LogP contribution in [0.25, 0.3) is 0 Å². The van der Waals surface area contributed by atoms with Gasteiger partial charge in [0.05, 0.1) is 4.90 Å². The minimum Gasteiger partial charge on any atom is -0.486 e. The summed E-state index contributed by atoms with van der Waals surface area (Å²) in [6, 6.07) is 10.7. The quantitative estimate of drug-likeness (QED) is 0.512. The van der Waals surface area contributed by atoms with Gasteiger partial charge in [-0.25, -0.2) is 8.42 Å². The van der Waals surface area contributed by atoms with E-state index < -0.39 is 10.0 Å². The Bertz CT molecular complexity index is 976. The smallest absolute Gasteiger partial charge is 0.262 e. The first-order valence-electron chi connectivity index (χ1n) is 10.4. The fraction of sp³-hybridized carbons (Fsp3) is 0.409. The number of unbranched alkanes of at least 4 members (excludes halogenated alkanes) is 1. The van der Waals surface area contributed by atoms with Crippen molar-refractivity contribution in [2.24, 2.45) is 0 Å². The molecule has 0 unspecified atom stereocenters. The normalized spacial score (nSPS) is 12.9. The Morgan fingerprint density at radius 1 is 1.00 bits per heavy atom. The van der Waals surface area contributed by atoms with Crippen LogP contribution < -0.4 is 19.5 Å².